The van der Waals surface area contributed by atoms with Crippen LogP contribution in [0.3, 0.4) is 0 Å². The van der Waals surface area contributed by atoms with E-state index in [2.05, 4.69) is 0 Å². The standard InChI is InChI=1S/C35H33NO7/c1-40-31-28(43-34(41-2)29(30(31)37)36-32(38)26-20-12-13-21-27(26)33(36)39)22-42-35(23-14-6-3-7-15-23,24-16-8-4-9-17-24)25-18-10-5-11-19-25/h3-21,28-31,34,37H,22H2,1-2H3. The number of aliphatic hydroxyl groups is 1. The molecule has 220 valence electrons. The van der Waals surface area contributed by atoms with Crippen molar-refractivity contribution in [3.63, 3.8) is 0 Å². The Morgan fingerprint density at radius 3 is 1.56 bits per heavy atom. The molecule has 5 unspecified atom stereocenters. The molecule has 8 nitrogen and oxygen atoms in total. The van der Waals surface area contributed by atoms with Gasteiger partial charge in [0.15, 0.2) is 6.29 Å². The highest BCUT2D eigenvalue weighted by molar-refractivity contribution is 6.21. The fourth-order valence-corrected chi connectivity index (χ4v) is 6.25. The van der Waals surface area contributed by atoms with Crippen LogP contribution in [0.1, 0.15) is 37.4 Å². The van der Waals surface area contributed by atoms with Crippen LogP contribution < -0.4 is 0 Å². The summed E-state index contributed by atoms with van der Waals surface area (Å²) >= 11 is 0. The average molecular weight is 580 g/mol. The van der Waals surface area contributed by atoms with Crippen molar-refractivity contribution in [2.45, 2.75) is 36.2 Å². The first-order chi connectivity index (χ1) is 21.0. The molecule has 1 N–H and O–H groups in total. The number of nitrogens with zero attached hydrogens (tertiary/aromatic N) is 1. The SMILES string of the molecule is COC1OC(COC(c2ccccc2)(c2ccccc2)c2ccccc2)C(OC)C(O)C1N1C(=O)c2ccccc2C1=O. The molecule has 0 aliphatic carbocycles. The summed E-state index contributed by atoms with van der Waals surface area (Å²) in [7, 11) is 2.87. The third-order valence-corrected chi connectivity index (χ3v) is 8.27. The monoisotopic (exact) mass is 579 g/mol. The highest BCUT2D eigenvalue weighted by atomic mass is 16.7. The minimum absolute atomic E-state index is 0.0110. The van der Waals surface area contributed by atoms with Crippen molar-refractivity contribution in [3.05, 3.63) is 143 Å². The number of methoxy groups -OCH3 is 2. The molecule has 2 heterocycles. The van der Waals surface area contributed by atoms with Gasteiger partial charge < -0.3 is 24.1 Å². The van der Waals surface area contributed by atoms with Gasteiger partial charge in [0.1, 0.15) is 30.0 Å². The van der Waals surface area contributed by atoms with E-state index in [0.29, 0.717) is 0 Å². The number of ether oxygens (including phenoxy) is 4. The van der Waals surface area contributed by atoms with Crippen molar-refractivity contribution >= 4 is 11.8 Å². The smallest absolute Gasteiger partial charge is 0.262 e. The fourth-order valence-electron chi connectivity index (χ4n) is 6.25. The van der Waals surface area contributed by atoms with Crippen LogP contribution in [-0.2, 0) is 24.5 Å². The molecule has 4 aromatic rings. The summed E-state index contributed by atoms with van der Waals surface area (Å²) in [5, 5.41) is 11.7. The molecule has 2 aliphatic heterocycles. The maximum Gasteiger partial charge on any atom is 0.262 e. The van der Waals surface area contributed by atoms with Gasteiger partial charge in [0, 0.05) is 14.2 Å². The number of hydrogen-bond donors (Lipinski definition) is 1. The van der Waals surface area contributed by atoms with E-state index in [-0.39, 0.29) is 17.7 Å². The Morgan fingerprint density at radius 1 is 0.698 bits per heavy atom. The number of hydrogen-bond acceptors (Lipinski definition) is 7. The molecule has 8 heteroatoms. The molecule has 0 spiro atoms. The zero-order valence-corrected chi connectivity index (χ0v) is 23.9. The van der Waals surface area contributed by atoms with Crippen molar-refractivity contribution in [2.75, 3.05) is 20.8 Å². The molecule has 0 bridgehead atoms. The molecule has 0 saturated carbocycles. The Hall–Kier alpha value is -4.18. The molecule has 4 aromatic carbocycles. The van der Waals surface area contributed by atoms with E-state index in [4.69, 9.17) is 18.9 Å². The minimum Gasteiger partial charge on any atom is -0.388 e. The van der Waals surface area contributed by atoms with Crippen LogP contribution in [0.5, 0.6) is 0 Å². The molecular formula is C35H33NO7. The van der Waals surface area contributed by atoms with Gasteiger partial charge in [-0.1, -0.05) is 103 Å². The lowest BCUT2D eigenvalue weighted by Gasteiger charge is -2.46. The number of amides is 2. The first-order valence-electron chi connectivity index (χ1n) is 14.2. The van der Waals surface area contributed by atoms with Crippen LogP contribution >= 0.6 is 0 Å². The molecule has 2 amide bonds. The lowest BCUT2D eigenvalue weighted by Crippen LogP contribution is -2.66. The van der Waals surface area contributed by atoms with Crippen LogP contribution in [0.15, 0.2) is 115 Å². The van der Waals surface area contributed by atoms with E-state index >= 15 is 0 Å². The minimum atomic E-state index is -1.32. The number of benzene rings is 4. The van der Waals surface area contributed by atoms with E-state index in [1.54, 1.807) is 24.3 Å². The number of rotatable bonds is 9. The van der Waals surface area contributed by atoms with Gasteiger partial charge >= 0.3 is 0 Å². The molecule has 1 saturated heterocycles. The topological polar surface area (TPSA) is 94.5 Å². The Kier molecular flexibility index (Phi) is 8.21. The molecule has 0 radical (unpaired) electrons. The van der Waals surface area contributed by atoms with Gasteiger partial charge in [0.05, 0.1) is 17.7 Å². The molecule has 0 aromatic heterocycles. The number of fused-ring (bicyclic) bond motifs is 1. The Bertz CT molecular complexity index is 1430. The lowest BCUT2D eigenvalue weighted by atomic mass is 9.80. The average Bonchev–Trinajstić information content (AvgIpc) is 3.31. The van der Waals surface area contributed by atoms with E-state index in [1.165, 1.54) is 14.2 Å². The summed E-state index contributed by atoms with van der Waals surface area (Å²) in [5.41, 5.74) is 2.23. The lowest BCUT2D eigenvalue weighted by molar-refractivity contribution is -0.282. The van der Waals surface area contributed by atoms with Gasteiger partial charge in [-0.3, -0.25) is 14.5 Å². The molecule has 2 aliphatic rings. The number of aliphatic hydroxyl groups excluding tert-OH is 1. The highest BCUT2D eigenvalue weighted by Crippen LogP contribution is 2.42. The van der Waals surface area contributed by atoms with E-state index in [1.807, 2.05) is 91.0 Å². The fraction of sp³-hybridized carbons (Fsp3) is 0.257. The molecule has 5 atom stereocenters. The normalized spacial score (nSPS) is 23.8. The third-order valence-electron chi connectivity index (χ3n) is 8.27. The summed E-state index contributed by atoms with van der Waals surface area (Å²) in [6, 6.07) is 35.2. The second-order valence-electron chi connectivity index (χ2n) is 10.6. The molecule has 1 fully saturated rings. The predicted molar refractivity (Wildman–Crippen MR) is 158 cm³/mol. The first-order valence-corrected chi connectivity index (χ1v) is 14.2. The van der Waals surface area contributed by atoms with Gasteiger partial charge in [0.25, 0.3) is 11.8 Å². The maximum atomic E-state index is 13.3. The van der Waals surface area contributed by atoms with Crippen LogP contribution in [0.2, 0.25) is 0 Å². The van der Waals surface area contributed by atoms with Crippen LogP contribution in [0.4, 0.5) is 0 Å². The highest BCUT2D eigenvalue weighted by Gasteiger charge is 2.54. The van der Waals surface area contributed by atoms with Crippen LogP contribution in [0, 0.1) is 0 Å². The van der Waals surface area contributed by atoms with Crippen molar-refractivity contribution in [1.29, 1.82) is 0 Å². The van der Waals surface area contributed by atoms with E-state index in [9.17, 15) is 14.7 Å². The Morgan fingerprint density at radius 2 is 1.14 bits per heavy atom. The number of carbonyl (C=O) groups is 2. The summed E-state index contributed by atoms with van der Waals surface area (Å²) < 4.78 is 24.7. The van der Waals surface area contributed by atoms with Gasteiger partial charge in [0.2, 0.25) is 0 Å². The van der Waals surface area contributed by atoms with E-state index < -0.39 is 48.1 Å². The molecule has 6 rings (SSSR count). The van der Waals surface area contributed by atoms with Crippen molar-refractivity contribution < 1.29 is 33.6 Å². The maximum absolute atomic E-state index is 13.3. The second kappa shape index (κ2) is 12.2. The summed E-state index contributed by atoms with van der Waals surface area (Å²) in [6.45, 7) is -0.0110. The van der Waals surface area contributed by atoms with Crippen molar-refractivity contribution in [3.8, 4) is 0 Å². The van der Waals surface area contributed by atoms with Crippen molar-refractivity contribution in [2.24, 2.45) is 0 Å². The van der Waals surface area contributed by atoms with E-state index in [0.717, 1.165) is 21.6 Å². The molecular weight excluding hydrogens is 546 g/mol. The number of imide groups is 1. The zero-order chi connectivity index (χ0) is 30.0. The number of carbonyl (C=O) groups excluding carboxylic acids is 2. The summed E-state index contributed by atoms with van der Waals surface area (Å²) in [4.78, 5) is 27.7. The summed E-state index contributed by atoms with van der Waals surface area (Å²) in [6.07, 6.45) is -4.21. The summed E-state index contributed by atoms with van der Waals surface area (Å²) in [5.74, 6) is -1.03. The molecule has 43 heavy (non-hydrogen) atoms. The van der Waals surface area contributed by atoms with Gasteiger partial charge in [-0.05, 0) is 28.8 Å². The quantitative estimate of drug-likeness (QED) is 0.232. The zero-order valence-electron chi connectivity index (χ0n) is 23.9. The van der Waals surface area contributed by atoms with Gasteiger partial charge in [-0.2, -0.15) is 0 Å². The van der Waals surface area contributed by atoms with Crippen molar-refractivity contribution in [1.82, 2.24) is 4.90 Å². The largest absolute Gasteiger partial charge is 0.388 e. The Balaban J connectivity index is 1.35. The van der Waals surface area contributed by atoms with Crippen LogP contribution in [-0.4, -0.2) is 73.3 Å². The second-order valence-corrected chi connectivity index (χ2v) is 10.6. The van der Waals surface area contributed by atoms with Gasteiger partial charge in [-0.25, -0.2) is 0 Å². The predicted octanol–water partition coefficient (Wildman–Crippen LogP) is 4.41. The Labute approximate surface area is 250 Å². The van der Waals surface area contributed by atoms with Gasteiger partial charge in [-0.15, -0.1) is 0 Å². The third kappa shape index (κ3) is 4.97. The first kappa shape index (κ1) is 28.9. The van der Waals surface area contributed by atoms with Crippen LogP contribution in [0.25, 0.3) is 0 Å².